The van der Waals surface area contributed by atoms with Crippen LogP contribution in [-0.4, -0.2) is 4.57 Å². The van der Waals surface area contributed by atoms with E-state index in [0.717, 1.165) is 39.4 Å². The maximum Gasteiger partial charge on any atom is 0.0541 e. The van der Waals surface area contributed by atoms with E-state index in [1.165, 1.54) is 82.7 Å². The predicted molar refractivity (Wildman–Crippen MR) is 306 cm³/mol. The average molecular weight is 917 g/mol. The van der Waals surface area contributed by atoms with Gasteiger partial charge in [-0.2, -0.15) is 0 Å². The van der Waals surface area contributed by atoms with Crippen molar-refractivity contribution < 1.29 is 0 Å². The van der Waals surface area contributed by atoms with Crippen LogP contribution in [0.15, 0.2) is 291 Å². The van der Waals surface area contributed by atoms with Gasteiger partial charge in [0.2, 0.25) is 0 Å². The maximum absolute atomic E-state index is 2.46. The number of benzene rings is 12. The average Bonchev–Trinajstić information content (AvgIpc) is 3.80. The SMILES string of the molecule is c1ccc(-c2cccc(-c3cc(-c4cccc5ccccc45)cc(-n4c5ccccc5c5cc(-c6cccc(N(c7ccccc7)c7cc(-c8ccccc8)cc(-c8ccccc8)c7)c6)ccc54)c3)c2)cc1. The number of anilines is 3. The van der Waals surface area contributed by atoms with Gasteiger partial charge in [0.05, 0.1) is 11.0 Å². The van der Waals surface area contributed by atoms with Crippen molar-refractivity contribution in [2.24, 2.45) is 0 Å². The molecule has 0 amide bonds. The third-order valence-electron chi connectivity index (χ3n) is 14.1. The van der Waals surface area contributed by atoms with E-state index in [4.69, 9.17) is 0 Å². The van der Waals surface area contributed by atoms with Crippen molar-refractivity contribution in [1.29, 1.82) is 0 Å². The lowest BCUT2D eigenvalue weighted by Gasteiger charge is -2.27. The fourth-order valence-corrected chi connectivity index (χ4v) is 10.7. The van der Waals surface area contributed by atoms with Crippen molar-refractivity contribution >= 4 is 49.6 Å². The molecule has 0 aliphatic heterocycles. The minimum Gasteiger partial charge on any atom is -0.310 e. The molecule has 13 rings (SSSR count). The number of hydrogen-bond acceptors (Lipinski definition) is 1. The van der Waals surface area contributed by atoms with Gasteiger partial charge < -0.3 is 9.47 Å². The van der Waals surface area contributed by atoms with E-state index in [0.29, 0.717) is 0 Å². The summed E-state index contributed by atoms with van der Waals surface area (Å²) in [6.07, 6.45) is 0. The van der Waals surface area contributed by atoms with Crippen molar-refractivity contribution in [3.8, 4) is 72.4 Å². The smallest absolute Gasteiger partial charge is 0.0541 e. The van der Waals surface area contributed by atoms with E-state index in [1.807, 2.05) is 0 Å². The summed E-state index contributed by atoms with van der Waals surface area (Å²) in [4.78, 5) is 2.39. The van der Waals surface area contributed by atoms with E-state index < -0.39 is 0 Å². The van der Waals surface area contributed by atoms with Gasteiger partial charge in [0.15, 0.2) is 0 Å². The van der Waals surface area contributed by atoms with Gasteiger partial charge >= 0.3 is 0 Å². The van der Waals surface area contributed by atoms with Crippen LogP contribution in [0.3, 0.4) is 0 Å². The second-order valence-electron chi connectivity index (χ2n) is 18.5. The number of aromatic nitrogens is 1. The summed E-state index contributed by atoms with van der Waals surface area (Å²) in [5.41, 5.74) is 20.8. The minimum absolute atomic E-state index is 1.08. The van der Waals surface area contributed by atoms with Crippen molar-refractivity contribution in [3.63, 3.8) is 0 Å². The monoisotopic (exact) mass is 916 g/mol. The highest BCUT2D eigenvalue weighted by Crippen LogP contribution is 2.43. The van der Waals surface area contributed by atoms with Crippen LogP contribution in [0.5, 0.6) is 0 Å². The molecule has 1 aromatic heterocycles. The molecule has 0 unspecified atom stereocenters. The summed E-state index contributed by atoms with van der Waals surface area (Å²) in [5.74, 6) is 0. The standard InChI is InChI=1S/C70H48N2/c1-5-20-49(21-6-1)53-28-17-29-54(40-53)59-42-60(66-36-19-27-52-26-13-14-34-65(52)66)47-64(46-59)72-69-37-16-15-35-67(69)68-48-56(38-39-70(68)72)55-30-18-33-62(43-55)71(61-31-11-4-12-32-61)63-44-57(50-22-7-2-8-23-50)41-58(45-63)51-24-9-3-10-25-51/h1-48H. The van der Waals surface area contributed by atoms with Crippen LogP contribution in [0.2, 0.25) is 0 Å². The van der Waals surface area contributed by atoms with Gasteiger partial charge in [-0.05, 0) is 162 Å². The van der Waals surface area contributed by atoms with Gasteiger partial charge in [0.1, 0.15) is 0 Å². The molecule has 0 aliphatic carbocycles. The summed E-state index contributed by atoms with van der Waals surface area (Å²) in [7, 11) is 0. The van der Waals surface area contributed by atoms with Crippen LogP contribution in [0.1, 0.15) is 0 Å². The van der Waals surface area contributed by atoms with E-state index in [-0.39, 0.29) is 0 Å². The largest absolute Gasteiger partial charge is 0.310 e. The number of nitrogens with zero attached hydrogens (tertiary/aromatic N) is 2. The lowest BCUT2D eigenvalue weighted by molar-refractivity contribution is 1.18. The summed E-state index contributed by atoms with van der Waals surface area (Å²) < 4.78 is 2.46. The number of hydrogen-bond donors (Lipinski definition) is 0. The zero-order chi connectivity index (χ0) is 47.8. The molecule has 72 heavy (non-hydrogen) atoms. The molecule has 338 valence electrons. The van der Waals surface area contributed by atoms with Crippen molar-refractivity contribution in [2.75, 3.05) is 4.90 Å². The first kappa shape index (κ1) is 42.6. The highest BCUT2D eigenvalue weighted by Gasteiger charge is 2.19. The zero-order valence-electron chi connectivity index (χ0n) is 39.6. The Balaban J connectivity index is 0.963. The second-order valence-corrected chi connectivity index (χ2v) is 18.5. The van der Waals surface area contributed by atoms with Crippen LogP contribution >= 0.6 is 0 Å². The van der Waals surface area contributed by atoms with Gasteiger partial charge in [0.25, 0.3) is 0 Å². The number of rotatable bonds is 10. The van der Waals surface area contributed by atoms with Gasteiger partial charge in [-0.3, -0.25) is 0 Å². The van der Waals surface area contributed by atoms with Gasteiger partial charge in [-0.15, -0.1) is 0 Å². The van der Waals surface area contributed by atoms with Gasteiger partial charge in [-0.1, -0.05) is 206 Å². The highest BCUT2D eigenvalue weighted by atomic mass is 15.1. The zero-order valence-corrected chi connectivity index (χ0v) is 39.6. The van der Waals surface area contributed by atoms with Crippen LogP contribution < -0.4 is 4.90 Å². The van der Waals surface area contributed by atoms with E-state index in [1.54, 1.807) is 0 Å². The van der Waals surface area contributed by atoms with E-state index in [9.17, 15) is 0 Å². The van der Waals surface area contributed by atoms with E-state index >= 15 is 0 Å². The molecule has 0 radical (unpaired) electrons. The highest BCUT2D eigenvalue weighted by molar-refractivity contribution is 6.11. The first-order chi connectivity index (χ1) is 35.7. The minimum atomic E-state index is 1.08. The normalized spacial score (nSPS) is 11.3. The molecular formula is C70H48N2. The van der Waals surface area contributed by atoms with Crippen molar-refractivity contribution in [1.82, 2.24) is 4.57 Å². The van der Waals surface area contributed by atoms with Crippen molar-refractivity contribution in [3.05, 3.63) is 291 Å². The number of para-hydroxylation sites is 2. The Hall–Kier alpha value is -9.50. The Kier molecular flexibility index (Phi) is 10.9. The van der Waals surface area contributed by atoms with Crippen LogP contribution in [-0.2, 0) is 0 Å². The molecule has 0 bridgehead atoms. The summed E-state index contributed by atoms with van der Waals surface area (Å²) in [5, 5.41) is 4.89. The summed E-state index contributed by atoms with van der Waals surface area (Å²) in [6, 6.07) is 106. The van der Waals surface area contributed by atoms with Crippen LogP contribution in [0, 0.1) is 0 Å². The first-order valence-corrected chi connectivity index (χ1v) is 24.7. The van der Waals surface area contributed by atoms with Gasteiger partial charge in [-0.25, -0.2) is 0 Å². The third-order valence-corrected chi connectivity index (χ3v) is 14.1. The maximum atomic E-state index is 2.46. The molecule has 0 saturated heterocycles. The Morgan fingerprint density at radius 2 is 0.653 bits per heavy atom. The molecule has 0 saturated carbocycles. The Morgan fingerprint density at radius 1 is 0.222 bits per heavy atom. The molecule has 0 fully saturated rings. The van der Waals surface area contributed by atoms with Crippen LogP contribution in [0.25, 0.3) is 105 Å². The molecular weight excluding hydrogens is 869 g/mol. The Labute approximate surface area is 420 Å². The second kappa shape index (κ2) is 18.4. The molecule has 2 heteroatoms. The Bertz CT molecular complexity index is 4020. The third kappa shape index (κ3) is 8.01. The molecule has 0 N–H and O–H groups in total. The topological polar surface area (TPSA) is 8.17 Å². The van der Waals surface area contributed by atoms with Gasteiger partial charge in [0, 0.05) is 33.5 Å². The van der Waals surface area contributed by atoms with Crippen LogP contribution in [0.4, 0.5) is 17.1 Å². The molecule has 12 aromatic carbocycles. The molecule has 0 spiro atoms. The Morgan fingerprint density at radius 3 is 1.36 bits per heavy atom. The summed E-state index contributed by atoms with van der Waals surface area (Å²) in [6.45, 7) is 0. The molecule has 1 heterocycles. The fourth-order valence-electron chi connectivity index (χ4n) is 10.7. The molecule has 2 nitrogen and oxygen atoms in total. The lowest BCUT2D eigenvalue weighted by Crippen LogP contribution is -2.10. The predicted octanol–water partition coefficient (Wildman–Crippen LogP) is 19.4. The van der Waals surface area contributed by atoms with Crippen molar-refractivity contribution in [2.45, 2.75) is 0 Å². The summed E-state index contributed by atoms with van der Waals surface area (Å²) >= 11 is 0. The molecule has 0 atom stereocenters. The quantitative estimate of drug-likeness (QED) is 0.133. The first-order valence-electron chi connectivity index (χ1n) is 24.7. The molecule has 0 aliphatic rings. The lowest BCUT2D eigenvalue weighted by atomic mass is 9.93. The number of fused-ring (bicyclic) bond motifs is 4. The van der Waals surface area contributed by atoms with E-state index in [2.05, 4.69) is 301 Å². The fraction of sp³-hybridized carbons (Fsp3) is 0. The molecule has 13 aromatic rings.